The number of carbonyl (C=O) groups excluding carboxylic acids is 2. The Kier molecular flexibility index (Phi) is 5.66. The van der Waals surface area contributed by atoms with Crippen LogP contribution in [0.3, 0.4) is 0 Å². The van der Waals surface area contributed by atoms with Crippen molar-refractivity contribution in [1.82, 2.24) is 10.6 Å². The van der Waals surface area contributed by atoms with Crippen LogP contribution in [0, 0.1) is 10.8 Å². The molecule has 0 aromatic rings. The Morgan fingerprint density at radius 2 is 1.53 bits per heavy atom. The highest BCUT2D eigenvalue weighted by atomic mass is 16.2. The standard InChI is InChI=1S/C13H26N2O2/c1-12(2,3)10(16)15-9-7-8-13(4,5)11(17)14-6/h7-9H2,1-6H3,(H,14,17)(H,15,16). The molecule has 0 aliphatic heterocycles. The minimum Gasteiger partial charge on any atom is -0.359 e. The van der Waals surface area contributed by atoms with E-state index < -0.39 is 0 Å². The molecule has 0 unspecified atom stereocenters. The van der Waals surface area contributed by atoms with Gasteiger partial charge < -0.3 is 10.6 Å². The van der Waals surface area contributed by atoms with Crippen LogP contribution >= 0.6 is 0 Å². The van der Waals surface area contributed by atoms with Crippen LogP contribution in [-0.2, 0) is 9.59 Å². The van der Waals surface area contributed by atoms with E-state index in [4.69, 9.17) is 0 Å². The average molecular weight is 242 g/mol. The van der Waals surface area contributed by atoms with Crippen LogP contribution in [0.5, 0.6) is 0 Å². The second kappa shape index (κ2) is 6.03. The van der Waals surface area contributed by atoms with Gasteiger partial charge in [-0.3, -0.25) is 9.59 Å². The van der Waals surface area contributed by atoms with Crippen molar-refractivity contribution in [1.29, 1.82) is 0 Å². The van der Waals surface area contributed by atoms with Gasteiger partial charge in [-0.05, 0) is 12.8 Å². The zero-order valence-corrected chi connectivity index (χ0v) is 11.9. The Hall–Kier alpha value is -1.06. The second-order valence-corrected chi connectivity index (χ2v) is 6.07. The van der Waals surface area contributed by atoms with Gasteiger partial charge >= 0.3 is 0 Å². The zero-order valence-electron chi connectivity index (χ0n) is 11.9. The van der Waals surface area contributed by atoms with Crippen LogP contribution in [0.2, 0.25) is 0 Å². The minimum atomic E-state index is -0.374. The number of nitrogens with one attached hydrogen (secondary N) is 2. The lowest BCUT2D eigenvalue weighted by molar-refractivity contribution is -0.129. The van der Waals surface area contributed by atoms with Gasteiger partial charge in [0.05, 0.1) is 0 Å². The molecule has 2 amide bonds. The summed E-state index contributed by atoms with van der Waals surface area (Å²) in [6.45, 7) is 10.1. The molecule has 100 valence electrons. The summed E-state index contributed by atoms with van der Waals surface area (Å²) in [5.74, 6) is 0.0925. The minimum absolute atomic E-state index is 0.0413. The largest absolute Gasteiger partial charge is 0.359 e. The van der Waals surface area contributed by atoms with Gasteiger partial charge in [0.25, 0.3) is 0 Å². The van der Waals surface area contributed by atoms with Crippen molar-refractivity contribution in [3.05, 3.63) is 0 Å². The highest BCUT2D eigenvalue weighted by Crippen LogP contribution is 2.22. The van der Waals surface area contributed by atoms with E-state index in [9.17, 15) is 9.59 Å². The third-order valence-corrected chi connectivity index (χ3v) is 2.79. The van der Waals surface area contributed by atoms with Crippen molar-refractivity contribution in [2.45, 2.75) is 47.5 Å². The molecule has 0 aromatic heterocycles. The van der Waals surface area contributed by atoms with E-state index in [2.05, 4.69) is 10.6 Å². The number of rotatable bonds is 5. The lowest BCUT2D eigenvalue weighted by atomic mass is 9.86. The Bertz CT molecular complexity index is 278. The van der Waals surface area contributed by atoms with Crippen LogP contribution in [-0.4, -0.2) is 25.4 Å². The van der Waals surface area contributed by atoms with Crippen LogP contribution in [0.1, 0.15) is 47.5 Å². The van der Waals surface area contributed by atoms with Crippen molar-refractivity contribution in [3.8, 4) is 0 Å². The first-order chi connectivity index (χ1) is 7.61. The predicted octanol–water partition coefficient (Wildman–Crippen LogP) is 1.70. The Morgan fingerprint density at radius 1 is 1.00 bits per heavy atom. The van der Waals surface area contributed by atoms with Crippen LogP contribution in [0.15, 0.2) is 0 Å². The fraction of sp³-hybridized carbons (Fsp3) is 0.846. The van der Waals surface area contributed by atoms with Gasteiger partial charge in [0.2, 0.25) is 11.8 Å². The maximum absolute atomic E-state index is 11.6. The first-order valence-corrected chi connectivity index (χ1v) is 6.12. The van der Waals surface area contributed by atoms with Gasteiger partial charge in [0.1, 0.15) is 0 Å². The normalized spacial score (nSPS) is 12.1. The van der Waals surface area contributed by atoms with Gasteiger partial charge in [0, 0.05) is 24.4 Å². The Labute approximate surface area is 105 Å². The van der Waals surface area contributed by atoms with E-state index in [1.165, 1.54) is 0 Å². The third-order valence-electron chi connectivity index (χ3n) is 2.79. The Balaban J connectivity index is 3.94. The molecule has 0 saturated heterocycles. The molecule has 4 nitrogen and oxygen atoms in total. The molecular weight excluding hydrogens is 216 g/mol. The van der Waals surface area contributed by atoms with Crippen molar-refractivity contribution in [3.63, 3.8) is 0 Å². The van der Waals surface area contributed by atoms with Gasteiger partial charge in [0.15, 0.2) is 0 Å². The smallest absolute Gasteiger partial charge is 0.225 e. The molecule has 0 bridgehead atoms. The summed E-state index contributed by atoms with van der Waals surface area (Å²) in [4.78, 5) is 23.1. The van der Waals surface area contributed by atoms with Crippen molar-refractivity contribution in [2.24, 2.45) is 10.8 Å². The van der Waals surface area contributed by atoms with Crippen LogP contribution < -0.4 is 10.6 Å². The summed E-state index contributed by atoms with van der Waals surface area (Å²) in [6, 6.07) is 0. The molecule has 0 heterocycles. The van der Waals surface area contributed by atoms with Crippen molar-refractivity contribution >= 4 is 11.8 Å². The first kappa shape index (κ1) is 15.9. The summed E-state index contributed by atoms with van der Waals surface area (Å²) in [5, 5.41) is 5.53. The van der Waals surface area contributed by atoms with Crippen molar-refractivity contribution < 1.29 is 9.59 Å². The highest BCUT2D eigenvalue weighted by Gasteiger charge is 2.26. The summed E-state index contributed by atoms with van der Waals surface area (Å²) < 4.78 is 0. The third kappa shape index (κ3) is 5.71. The predicted molar refractivity (Wildman–Crippen MR) is 69.5 cm³/mol. The maximum Gasteiger partial charge on any atom is 0.225 e. The second-order valence-electron chi connectivity index (χ2n) is 6.07. The number of carbonyl (C=O) groups is 2. The molecule has 2 N–H and O–H groups in total. The average Bonchev–Trinajstić information content (AvgIpc) is 2.21. The summed E-state index contributed by atoms with van der Waals surface area (Å²) >= 11 is 0. The highest BCUT2D eigenvalue weighted by molar-refractivity contribution is 5.82. The van der Waals surface area contributed by atoms with E-state index in [1.807, 2.05) is 34.6 Å². The fourth-order valence-corrected chi connectivity index (χ4v) is 1.45. The van der Waals surface area contributed by atoms with E-state index in [-0.39, 0.29) is 22.6 Å². The van der Waals surface area contributed by atoms with Gasteiger partial charge in [-0.1, -0.05) is 34.6 Å². The number of hydrogen-bond donors (Lipinski definition) is 2. The van der Waals surface area contributed by atoms with E-state index in [0.29, 0.717) is 6.54 Å². The van der Waals surface area contributed by atoms with Gasteiger partial charge in [-0.25, -0.2) is 0 Å². The van der Waals surface area contributed by atoms with Gasteiger partial charge in [-0.2, -0.15) is 0 Å². The summed E-state index contributed by atoms with van der Waals surface area (Å²) in [7, 11) is 1.64. The molecule has 0 spiro atoms. The molecule has 0 aromatic carbocycles. The molecule has 17 heavy (non-hydrogen) atoms. The fourth-order valence-electron chi connectivity index (χ4n) is 1.45. The molecule has 0 fully saturated rings. The SMILES string of the molecule is CNC(=O)C(C)(C)CCCNC(=O)C(C)(C)C. The molecule has 0 aliphatic carbocycles. The van der Waals surface area contributed by atoms with E-state index in [1.54, 1.807) is 7.05 Å². The molecule has 0 rings (SSSR count). The lowest BCUT2D eigenvalue weighted by Gasteiger charge is -2.23. The van der Waals surface area contributed by atoms with Gasteiger partial charge in [-0.15, -0.1) is 0 Å². The molecule has 0 atom stereocenters. The molecule has 0 radical (unpaired) electrons. The first-order valence-electron chi connectivity index (χ1n) is 6.12. The maximum atomic E-state index is 11.6. The molecular formula is C13H26N2O2. The summed E-state index contributed by atoms with van der Waals surface area (Å²) in [5.41, 5.74) is -0.725. The van der Waals surface area contributed by atoms with E-state index in [0.717, 1.165) is 12.8 Å². The number of amides is 2. The quantitative estimate of drug-likeness (QED) is 0.721. The van der Waals surface area contributed by atoms with Crippen LogP contribution in [0.25, 0.3) is 0 Å². The number of hydrogen-bond acceptors (Lipinski definition) is 2. The topological polar surface area (TPSA) is 58.2 Å². The van der Waals surface area contributed by atoms with E-state index >= 15 is 0 Å². The van der Waals surface area contributed by atoms with Crippen molar-refractivity contribution in [2.75, 3.05) is 13.6 Å². The van der Waals surface area contributed by atoms with Crippen LogP contribution in [0.4, 0.5) is 0 Å². The summed E-state index contributed by atoms with van der Waals surface area (Å²) in [6.07, 6.45) is 1.57. The molecule has 0 saturated carbocycles. The Morgan fingerprint density at radius 3 is 1.94 bits per heavy atom. The molecule has 0 aliphatic rings. The monoisotopic (exact) mass is 242 g/mol. The molecule has 4 heteroatoms. The lowest BCUT2D eigenvalue weighted by Crippen LogP contribution is -2.37. The zero-order chi connectivity index (χ0) is 13.7.